The Kier molecular flexibility index (Phi) is 5.86. The van der Waals surface area contributed by atoms with Gasteiger partial charge in [-0.05, 0) is 44.9 Å². The van der Waals surface area contributed by atoms with Crippen molar-refractivity contribution in [2.24, 2.45) is 5.92 Å². The zero-order valence-corrected chi connectivity index (χ0v) is 15.8. The third-order valence-corrected chi connectivity index (χ3v) is 5.16. The number of nitro groups is 1. The lowest BCUT2D eigenvalue weighted by molar-refractivity contribution is -0.385. The molecule has 1 N–H and O–H groups in total. The third-order valence-electron chi connectivity index (χ3n) is 5.16. The van der Waals surface area contributed by atoms with E-state index in [4.69, 9.17) is 0 Å². The van der Waals surface area contributed by atoms with E-state index in [9.17, 15) is 14.9 Å². The highest BCUT2D eigenvalue weighted by Crippen LogP contribution is 2.27. The standard InChI is InChI=1S/C21H25N3O3/c1-15-8-10-17(11-9-15)13-23-12-4-5-18(14-23)21(25)22-19-6-3-7-20(16(19)2)24(26)27/h3,6-11,18H,4-5,12-14H2,1-2H3,(H,22,25). The molecule has 0 aromatic heterocycles. The number of nitrogens with zero attached hydrogens (tertiary/aromatic N) is 2. The Bertz CT molecular complexity index is 833. The summed E-state index contributed by atoms with van der Waals surface area (Å²) >= 11 is 0. The molecule has 1 heterocycles. The minimum absolute atomic E-state index is 0.0254. The van der Waals surface area contributed by atoms with Crippen LogP contribution in [0.2, 0.25) is 0 Å². The van der Waals surface area contributed by atoms with Crippen LogP contribution in [0.15, 0.2) is 42.5 Å². The van der Waals surface area contributed by atoms with E-state index in [2.05, 4.69) is 41.4 Å². The Hall–Kier alpha value is -2.73. The van der Waals surface area contributed by atoms with Crippen LogP contribution in [0.1, 0.15) is 29.5 Å². The normalized spacial score (nSPS) is 17.5. The van der Waals surface area contributed by atoms with E-state index in [-0.39, 0.29) is 17.5 Å². The van der Waals surface area contributed by atoms with Gasteiger partial charge in [0.2, 0.25) is 5.91 Å². The summed E-state index contributed by atoms with van der Waals surface area (Å²) in [5, 5.41) is 14.0. The Balaban J connectivity index is 1.64. The first-order chi connectivity index (χ1) is 12.9. The number of rotatable bonds is 5. The minimum Gasteiger partial charge on any atom is -0.325 e. The van der Waals surface area contributed by atoms with Crippen molar-refractivity contribution in [3.05, 3.63) is 69.3 Å². The Morgan fingerprint density at radius 3 is 2.67 bits per heavy atom. The largest absolute Gasteiger partial charge is 0.325 e. The first-order valence-corrected chi connectivity index (χ1v) is 9.27. The maximum absolute atomic E-state index is 12.7. The van der Waals surface area contributed by atoms with E-state index >= 15 is 0 Å². The van der Waals surface area contributed by atoms with Gasteiger partial charge in [0.05, 0.1) is 22.1 Å². The highest BCUT2D eigenvalue weighted by molar-refractivity contribution is 5.94. The van der Waals surface area contributed by atoms with E-state index in [1.807, 2.05) is 0 Å². The van der Waals surface area contributed by atoms with Crippen molar-refractivity contribution in [1.29, 1.82) is 0 Å². The molecule has 1 amide bonds. The molecule has 3 rings (SSSR count). The average Bonchev–Trinajstić information content (AvgIpc) is 2.65. The van der Waals surface area contributed by atoms with Crippen LogP contribution >= 0.6 is 0 Å². The zero-order valence-electron chi connectivity index (χ0n) is 15.8. The van der Waals surface area contributed by atoms with Gasteiger partial charge in [0, 0.05) is 19.2 Å². The topological polar surface area (TPSA) is 75.5 Å². The molecule has 0 bridgehead atoms. The lowest BCUT2D eigenvalue weighted by Crippen LogP contribution is -2.40. The lowest BCUT2D eigenvalue weighted by Gasteiger charge is -2.32. The molecule has 27 heavy (non-hydrogen) atoms. The molecule has 2 aromatic rings. The first kappa shape index (κ1) is 19.0. The van der Waals surface area contributed by atoms with Gasteiger partial charge in [0.1, 0.15) is 0 Å². The molecular formula is C21H25N3O3. The number of benzene rings is 2. The minimum atomic E-state index is -0.422. The SMILES string of the molecule is Cc1ccc(CN2CCCC(C(=O)Nc3cccc([N+](=O)[O-])c3C)C2)cc1. The van der Waals surface area contributed by atoms with Gasteiger partial charge in [-0.1, -0.05) is 35.9 Å². The number of anilines is 1. The summed E-state index contributed by atoms with van der Waals surface area (Å²) in [6.45, 7) is 6.25. The molecule has 0 radical (unpaired) electrons. The molecule has 0 aliphatic carbocycles. The molecule has 0 spiro atoms. The van der Waals surface area contributed by atoms with Gasteiger partial charge >= 0.3 is 0 Å². The quantitative estimate of drug-likeness (QED) is 0.639. The molecule has 6 heteroatoms. The molecule has 1 atom stereocenters. The number of nitro benzene ring substituents is 1. The monoisotopic (exact) mass is 367 g/mol. The molecule has 142 valence electrons. The Morgan fingerprint density at radius 1 is 1.22 bits per heavy atom. The molecule has 0 saturated carbocycles. The van der Waals surface area contributed by atoms with E-state index in [1.165, 1.54) is 17.2 Å². The van der Waals surface area contributed by atoms with Gasteiger partial charge in [-0.3, -0.25) is 19.8 Å². The predicted octanol–water partition coefficient (Wildman–Crippen LogP) is 4.06. The second-order valence-electron chi connectivity index (χ2n) is 7.26. The fraction of sp³-hybridized carbons (Fsp3) is 0.381. The van der Waals surface area contributed by atoms with Crippen molar-refractivity contribution in [1.82, 2.24) is 4.90 Å². The van der Waals surface area contributed by atoms with Gasteiger partial charge < -0.3 is 5.32 Å². The van der Waals surface area contributed by atoms with Gasteiger partial charge in [-0.2, -0.15) is 0 Å². The summed E-state index contributed by atoms with van der Waals surface area (Å²) in [5.74, 6) is -0.171. The number of amides is 1. The predicted molar refractivity (Wildman–Crippen MR) is 106 cm³/mol. The van der Waals surface area contributed by atoms with Gasteiger partial charge in [0.15, 0.2) is 0 Å². The highest BCUT2D eigenvalue weighted by atomic mass is 16.6. The molecule has 1 unspecified atom stereocenters. The maximum Gasteiger partial charge on any atom is 0.274 e. The molecular weight excluding hydrogens is 342 g/mol. The Labute approximate surface area is 159 Å². The van der Waals surface area contributed by atoms with Crippen LogP contribution in [0.4, 0.5) is 11.4 Å². The second-order valence-corrected chi connectivity index (χ2v) is 7.26. The summed E-state index contributed by atoms with van der Waals surface area (Å²) in [7, 11) is 0. The number of hydrogen-bond donors (Lipinski definition) is 1. The Morgan fingerprint density at radius 2 is 1.96 bits per heavy atom. The number of carbonyl (C=O) groups excluding carboxylic acids is 1. The van der Waals surface area contributed by atoms with Crippen LogP contribution in [0.3, 0.4) is 0 Å². The second kappa shape index (κ2) is 8.31. The van der Waals surface area contributed by atoms with Crippen LogP contribution in [-0.2, 0) is 11.3 Å². The van der Waals surface area contributed by atoms with Crippen LogP contribution < -0.4 is 5.32 Å². The summed E-state index contributed by atoms with van der Waals surface area (Å²) in [6, 6.07) is 13.2. The van der Waals surface area contributed by atoms with Crippen molar-refractivity contribution in [3.63, 3.8) is 0 Å². The van der Waals surface area contributed by atoms with Crippen LogP contribution in [0.25, 0.3) is 0 Å². The van der Waals surface area contributed by atoms with E-state index in [0.29, 0.717) is 17.8 Å². The van der Waals surface area contributed by atoms with E-state index < -0.39 is 4.92 Å². The van der Waals surface area contributed by atoms with Crippen molar-refractivity contribution in [2.75, 3.05) is 18.4 Å². The molecule has 1 aliphatic rings. The van der Waals surface area contributed by atoms with E-state index in [0.717, 1.165) is 25.9 Å². The van der Waals surface area contributed by atoms with Gasteiger partial charge in [-0.25, -0.2) is 0 Å². The number of likely N-dealkylation sites (tertiary alicyclic amines) is 1. The first-order valence-electron chi connectivity index (χ1n) is 9.27. The summed E-state index contributed by atoms with van der Waals surface area (Å²) in [6.07, 6.45) is 1.81. The summed E-state index contributed by atoms with van der Waals surface area (Å²) < 4.78 is 0. The number of piperidine rings is 1. The molecule has 1 saturated heterocycles. The van der Waals surface area contributed by atoms with Crippen LogP contribution in [0.5, 0.6) is 0 Å². The van der Waals surface area contributed by atoms with Crippen molar-refractivity contribution in [3.8, 4) is 0 Å². The van der Waals surface area contributed by atoms with Crippen molar-refractivity contribution < 1.29 is 9.72 Å². The molecule has 2 aromatic carbocycles. The van der Waals surface area contributed by atoms with Gasteiger partial charge in [0.25, 0.3) is 5.69 Å². The highest BCUT2D eigenvalue weighted by Gasteiger charge is 2.26. The van der Waals surface area contributed by atoms with Gasteiger partial charge in [-0.15, -0.1) is 0 Å². The molecule has 1 aliphatic heterocycles. The van der Waals surface area contributed by atoms with Crippen LogP contribution in [0, 0.1) is 29.9 Å². The summed E-state index contributed by atoms with van der Waals surface area (Å²) in [4.78, 5) is 25.7. The van der Waals surface area contributed by atoms with Crippen molar-refractivity contribution >= 4 is 17.3 Å². The number of hydrogen-bond acceptors (Lipinski definition) is 4. The van der Waals surface area contributed by atoms with E-state index in [1.54, 1.807) is 19.1 Å². The lowest BCUT2D eigenvalue weighted by atomic mass is 9.96. The van der Waals surface area contributed by atoms with Crippen LogP contribution in [-0.4, -0.2) is 28.8 Å². The number of carbonyl (C=O) groups is 1. The number of nitrogens with one attached hydrogen (secondary N) is 1. The third kappa shape index (κ3) is 4.71. The molecule has 6 nitrogen and oxygen atoms in total. The summed E-state index contributed by atoms with van der Waals surface area (Å²) in [5.41, 5.74) is 3.52. The van der Waals surface area contributed by atoms with Crippen molar-refractivity contribution in [2.45, 2.75) is 33.2 Å². The zero-order chi connectivity index (χ0) is 19.4. The fourth-order valence-corrected chi connectivity index (χ4v) is 3.56. The fourth-order valence-electron chi connectivity index (χ4n) is 3.56. The molecule has 1 fully saturated rings. The smallest absolute Gasteiger partial charge is 0.274 e. The maximum atomic E-state index is 12.7. The number of aryl methyl sites for hydroxylation is 1. The average molecular weight is 367 g/mol.